The summed E-state index contributed by atoms with van der Waals surface area (Å²) in [6.07, 6.45) is 2.09. The average Bonchev–Trinajstić information content (AvgIpc) is 3.44. The molecule has 1 aromatic heterocycles. The Balaban J connectivity index is 1.18. The predicted octanol–water partition coefficient (Wildman–Crippen LogP) is 4.14. The van der Waals surface area contributed by atoms with Crippen LogP contribution in [0.4, 0.5) is 0 Å². The summed E-state index contributed by atoms with van der Waals surface area (Å²) in [5.41, 5.74) is 2.58. The largest absolute Gasteiger partial charge is 0.454 e. The highest BCUT2D eigenvalue weighted by Crippen LogP contribution is 2.33. The number of hydrogen-bond acceptors (Lipinski definition) is 7. The predicted molar refractivity (Wildman–Crippen MR) is 121 cm³/mol. The van der Waals surface area contributed by atoms with E-state index in [2.05, 4.69) is 22.4 Å². The summed E-state index contributed by atoms with van der Waals surface area (Å²) in [6.45, 7) is 0.827. The fraction of sp³-hybridized carbons (Fsp3) is 0.261. The molecule has 2 aromatic carbocycles. The Morgan fingerprint density at radius 2 is 1.94 bits per heavy atom. The van der Waals surface area contributed by atoms with E-state index in [1.54, 1.807) is 18.2 Å². The van der Waals surface area contributed by atoms with E-state index in [0.29, 0.717) is 23.6 Å². The number of benzene rings is 2. The maximum Gasteiger partial charge on any atom is 0.231 e. The number of fused-ring (bicyclic) bond motifs is 1. The summed E-state index contributed by atoms with van der Waals surface area (Å²) < 4.78 is 11.4. The van der Waals surface area contributed by atoms with Crippen LogP contribution < -0.4 is 14.8 Å². The third-order valence-electron chi connectivity index (χ3n) is 4.70. The second-order valence-electron chi connectivity index (χ2n) is 7.00. The van der Waals surface area contributed by atoms with E-state index in [0.717, 1.165) is 22.9 Å². The van der Waals surface area contributed by atoms with Gasteiger partial charge in [-0.3, -0.25) is 9.59 Å². The van der Waals surface area contributed by atoms with Crippen LogP contribution in [0.15, 0.2) is 58.3 Å². The molecule has 1 amide bonds. The van der Waals surface area contributed by atoms with Gasteiger partial charge in [-0.25, -0.2) is 4.98 Å². The van der Waals surface area contributed by atoms with Gasteiger partial charge in [-0.05, 0) is 36.6 Å². The zero-order chi connectivity index (χ0) is 21.5. The molecule has 0 radical (unpaired) electrons. The third kappa shape index (κ3) is 6.08. The highest BCUT2D eigenvalue weighted by atomic mass is 32.2. The lowest BCUT2D eigenvalue weighted by Gasteiger charge is -2.04. The fourth-order valence-electron chi connectivity index (χ4n) is 3.11. The zero-order valence-electron chi connectivity index (χ0n) is 16.8. The van der Waals surface area contributed by atoms with Gasteiger partial charge < -0.3 is 14.8 Å². The molecule has 4 rings (SSSR count). The van der Waals surface area contributed by atoms with Gasteiger partial charge in [0, 0.05) is 17.5 Å². The number of ether oxygens (including phenoxy) is 2. The van der Waals surface area contributed by atoms with Crippen molar-refractivity contribution in [2.75, 3.05) is 19.1 Å². The number of ketones is 1. The van der Waals surface area contributed by atoms with Crippen LogP contribution in [0.3, 0.4) is 0 Å². The molecule has 1 N–H and O–H groups in total. The smallest absolute Gasteiger partial charge is 0.231 e. The van der Waals surface area contributed by atoms with E-state index < -0.39 is 0 Å². The highest BCUT2D eigenvalue weighted by Gasteiger charge is 2.17. The average molecular weight is 455 g/mol. The number of aryl methyl sites for hydroxylation is 1. The molecule has 0 spiro atoms. The summed E-state index contributed by atoms with van der Waals surface area (Å²) in [4.78, 5) is 29.1. The number of Topliss-reactive ketones (excluding diaryl/α,β-unsaturated/α-hetero) is 1. The quantitative estimate of drug-likeness (QED) is 0.282. The minimum Gasteiger partial charge on any atom is -0.454 e. The number of carbonyl (C=O) groups excluding carboxylic acids is 2. The number of nitrogens with one attached hydrogen (secondary N) is 1. The summed E-state index contributed by atoms with van der Waals surface area (Å²) in [6, 6.07) is 15.4. The first-order valence-corrected chi connectivity index (χ1v) is 11.8. The number of thioether (sulfide) groups is 1. The Labute approximate surface area is 189 Å². The lowest BCUT2D eigenvalue weighted by molar-refractivity contribution is -0.120. The Bertz CT molecular complexity index is 1050. The molecule has 0 unspecified atom stereocenters. The van der Waals surface area contributed by atoms with Gasteiger partial charge in [-0.2, -0.15) is 0 Å². The maximum absolute atomic E-state index is 12.4. The Morgan fingerprint density at radius 3 is 2.81 bits per heavy atom. The van der Waals surface area contributed by atoms with Gasteiger partial charge in [0.25, 0.3) is 0 Å². The third-order valence-corrected chi connectivity index (χ3v) is 6.77. The standard InChI is InChI=1S/C23H22N2O4S2/c26-19(17-8-9-20-21(11-17)29-15-28-20)14-31-23-25-18(13-30-23)12-22(27)24-10-4-7-16-5-2-1-3-6-16/h1-3,5-6,8-9,11,13H,4,7,10,12,14-15H2,(H,24,27). The topological polar surface area (TPSA) is 77.5 Å². The molecule has 0 saturated heterocycles. The summed E-state index contributed by atoms with van der Waals surface area (Å²) in [5.74, 6) is 1.50. The molecule has 0 bridgehead atoms. The van der Waals surface area contributed by atoms with Crippen LogP contribution in [0.2, 0.25) is 0 Å². The van der Waals surface area contributed by atoms with Crippen molar-refractivity contribution < 1.29 is 19.1 Å². The second-order valence-corrected chi connectivity index (χ2v) is 9.08. The van der Waals surface area contributed by atoms with E-state index >= 15 is 0 Å². The normalized spacial score (nSPS) is 12.0. The van der Waals surface area contributed by atoms with Crippen LogP contribution in [0.5, 0.6) is 11.5 Å². The fourth-order valence-corrected chi connectivity index (χ4v) is 4.85. The number of amides is 1. The highest BCUT2D eigenvalue weighted by molar-refractivity contribution is 8.01. The molecule has 1 aliphatic heterocycles. The van der Waals surface area contributed by atoms with Crippen molar-refractivity contribution in [1.29, 1.82) is 0 Å². The van der Waals surface area contributed by atoms with E-state index in [4.69, 9.17) is 9.47 Å². The second kappa shape index (κ2) is 10.5. The molecule has 31 heavy (non-hydrogen) atoms. The molecule has 6 nitrogen and oxygen atoms in total. The number of hydrogen-bond donors (Lipinski definition) is 1. The van der Waals surface area contributed by atoms with Crippen LogP contribution in [0.25, 0.3) is 0 Å². The SMILES string of the molecule is O=C(Cc1csc(SCC(=O)c2ccc3c(c2)OCO3)n1)NCCCc1ccccc1. The van der Waals surface area contributed by atoms with Gasteiger partial charge in [0.05, 0.1) is 17.9 Å². The lowest BCUT2D eigenvalue weighted by Crippen LogP contribution is -2.26. The lowest BCUT2D eigenvalue weighted by atomic mass is 10.1. The first-order chi connectivity index (χ1) is 15.2. The summed E-state index contributed by atoms with van der Waals surface area (Å²) in [5, 5.41) is 4.82. The van der Waals surface area contributed by atoms with Gasteiger partial charge >= 0.3 is 0 Å². The molecule has 160 valence electrons. The van der Waals surface area contributed by atoms with Gasteiger partial charge in [-0.1, -0.05) is 42.1 Å². The molecule has 8 heteroatoms. The molecule has 0 aliphatic carbocycles. The minimum absolute atomic E-state index is 0.00351. The Morgan fingerprint density at radius 1 is 1.10 bits per heavy atom. The molecular formula is C23H22N2O4S2. The van der Waals surface area contributed by atoms with E-state index in [1.165, 1.54) is 28.7 Å². The van der Waals surface area contributed by atoms with Gasteiger partial charge in [0.15, 0.2) is 21.6 Å². The molecule has 0 saturated carbocycles. The van der Waals surface area contributed by atoms with Crippen molar-refractivity contribution in [3.63, 3.8) is 0 Å². The summed E-state index contributed by atoms with van der Waals surface area (Å²) >= 11 is 2.83. The first kappa shape index (κ1) is 21.4. The van der Waals surface area contributed by atoms with Crippen LogP contribution in [0.1, 0.15) is 28.0 Å². The molecule has 3 aromatic rings. The van der Waals surface area contributed by atoms with Crippen molar-refractivity contribution in [2.24, 2.45) is 0 Å². The Kier molecular flexibility index (Phi) is 7.22. The molecular weight excluding hydrogens is 432 g/mol. The van der Waals surface area contributed by atoms with Crippen molar-refractivity contribution >= 4 is 34.8 Å². The first-order valence-electron chi connectivity index (χ1n) is 9.98. The van der Waals surface area contributed by atoms with Crippen LogP contribution in [-0.4, -0.2) is 35.8 Å². The molecule has 2 heterocycles. The number of aromatic nitrogens is 1. The Hall–Kier alpha value is -2.84. The number of nitrogens with zero attached hydrogens (tertiary/aromatic N) is 1. The summed E-state index contributed by atoms with van der Waals surface area (Å²) in [7, 11) is 0. The number of thiazole rings is 1. The zero-order valence-corrected chi connectivity index (χ0v) is 18.5. The maximum atomic E-state index is 12.4. The molecule has 0 fully saturated rings. The molecule has 0 atom stereocenters. The van der Waals surface area contributed by atoms with Crippen molar-refractivity contribution in [2.45, 2.75) is 23.6 Å². The van der Waals surface area contributed by atoms with Crippen molar-refractivity contribution in [3.05, 3.63) is 70.7 Å². The van der Waals surface area contributed by atoms with Gasteiger partial charge in [-0.15, -0.1) is 11.3 Å². The number of carbonyl (C=O) groups is 2. The van der Waals surface area contributed by atoms with Crippen molar-refractivity contribution in [1.82, 2.24) is 10.3 Å². The number of rotatable bonds is 10. The molecule has 1 aliphatic rings. The van der Waals surface area contributed by atoms with Gasteiger partial charge in [0.2, 0.25) is 12.7 Å². The van der Waals surface area contributed by atoms with E-state index in [-0.39, 0.29) is 30.7 Å². The van der Waals surface area contributed by atoms with Crippen LogP contribution in [-0.2, 0) is 17.6 Å². The van der Waals surface area contributed by atoms with Gasteiger partial charge in [0.1, 0.15) is 0 Å². The minimum atomic E-state index is -0.0358. The van der Waals surface area contributed by atoms with E-state index in [1.807, 2.05) is 23.6 Å². The van der Waals surface area contributed by atoms with Crippen LogP contribution >= 0.6 is 23.1 Å². The van der Waals surface area contributed by atoms with E-state index in [9.17, 15) is 9.59 Å². The monoisotopic (exact) mass is 454 g/mol. The van der Waals surface area contributed by atoms with Crippen LogP contribution in [0, 0.1) is 0 Å². The van der Waals surface area contributed by atoms with Crippen molar-refractivity contribution in [3.8, 4) is 11.5 Å².